The van der Waals surface area contributed by atoms with Crippen LogP contribution in [0.25, 0.3) is 0 Å². The highest BCUT2D eigenvalue weighted by Crippen LogP contribution is 2.10. The number of benzene rings is 1. The van der Waals surface area contributed by atoms with E-state index in [-0.39, 0.29) is 6.04 Å². The third-order valence-corrected chi connectivity index (χ3v) is 2.13. The first-order valence-electron chi connectivity index (χ1n) is 4.56. The smallest absolute Gasteiger partial charge is 0.126 e. The first kappa shape index (κ1) is 11.1. The molecule has 1 aromatic rings. The van der Waals surface area contributed by atoms with Gasteiger partial charge >= 0.3 is 0 Å². The molecule has 1 aromatic carbocycles. The van der Waals surface area contributed by atoms with Gasteiger partial charge in [-0.1, -0.05) is 6.92 Å². The van der Waals surface area contributed by atoms with E-state index in [0.717, 1.165) is 12.5 Å². The van der Waals surface area contributed by atoms with Gasteiger partial charge in [-0.25, -0.2) is 8.78 Å². The minimum Gasteiger partial charge on any atom is -0.271 e. The predicted molar refractivity (Wildman–Crippen MR) is 51.5 cm³/mol. The van der Waals surface area contributed by atoms with Gasteiger partial charge in [-0.15, -0.1) is 0 Å². The van der Waals surface area contributed by atoms with Crippen molar-refractivity contribution in [1.82, 2.24) is 5.43 Å². The lowest BCUT2D eigenvalue weighted by Crippen LogP contribution is -2.36. The first-order valence-corrected chi connectivity index (χ1v) is 4.56. The van der Waals surface area contributed by atoms with Gasteiger partial charge in [0.2, 0.25) is 0 Å². The van der Waals surface area contributed by atoms with Crippen molar-refractivity contribution in [3.63, 3.8) is 0 Å². The van der Waals surface area contributed by atoms with Gasteiger partial charge < -0.3 is 0 Å². The maximum atomic E-state index is 12.8. The molecule has 1 rings (SSSR count). The first-order chi connectivity index (χ1) is 6.65. The Labute approximate surface area is 82.1 Å². The molecule has 0 aromatic heterocycles. The Kier molecular flexibility index (Phi) is 3.98. The van der Waals surface area contributed by atoms with Crippen molar-refractivity contribution in [2.75, 3.05) is 0 Å². The van der Waals surface area contributed by atoms with Gasteiger partial charge in [-0.2, -0.15) is 0 Å². The average molecular weight is 200 g/mol. The van der Waals surface area contributed by atoms with E-state index < -0.39 is 11.6 Å². The summed E-state index contributed by atoms with van der Waals surface area (Å²) >= 11 is 0. The second-order valence-corrected chi connectivity index (χ2v) is 3.25. The Morgan fingerprint density at radius 1 is 1.29 bits per heavy atom. The minimum atomic E-state index is -0.549. The topological polar surface area (TPSA) is 38.0 Å². The molecule has 0 saturated carbocycles. The standard InChI is InChI=1S/C10H14F2N2/c1-2-10(14-13)5-7-3-8(11)6-9(12)4-7/h3-4,6,10,14H,2,5,13H2,1H3. The van der Waals surface area contributed by atoms with Crippen LogP contribution in [0.3, 0.4) is 0 Å². The van der Waals surface area contributed by atoms with Crippen LogP contribution in [0.4, 0.5) is 8.78 Å². The molecule has 78 valence electrons. The molecule has 0 amide bonds. The van der Waals surface area contributed by atoms with Crippen LogP contribution in [0.15, 0.2) is 18.2 Å². The summed E-state index contributed by atoms with van der Waals surface area (Å²) in [7, 11) is 0. The molecule has 14 heavy (non-hydrogen) atoms. The SMILES string of the molecule is CCC(Cc1cc(F)cc(F)c1)NN. The summed E-state index contributed by atoms with van der Waals surface area (Å²) in [5, 5.41) is 0. The number of rotatable bonds is 4. The van der Waals surface area contributed by atoms with Gasteiger partial charge in [-0.3, -0.25) is 11.3 Å². The van der Waals surface area contributed by atoms with Crippen LogP contribution >= 0.6 is 0 Å². The molecule has 0 aliphatic carbocycles. The fourth-order valence-electron chi connectivity index (χ4n) is 1.33. The molecular formula is C10H14F2N2. The number of hydrazine groups is 1. The lowest BCUT2D eigenvalue weighted by Gasteiger charge is -2.13. The van der Waals surface area contributed by atoms with E-state index in [1.807, 2.05) is 6.92 Å². The van der Waals surface area contributed by atoms with Crippen LogP contribution in [0, 0.1) is 11.6 Å². The maximum Gasteiger partial charge on any atom is 0.126 e. The molecule has 0 bridgehead atoms. The zero-order chi connectivity index (χ0) is 10.6. The number of nitrogens with two attached hydrogens (primary N) is 1. The van der Waals surface area contributed by atoms with E-state index in [0.29, 0.717) is 12.0 Å². The van der Waals surface area contributed by atoms with E-state index in [4.69, 9.17) is 5.84 Å². The van der Waals surface area contributed by atoms with Crippen LogP contribution in [-0.2, 0) is 6.42 Å². The van der Waals surface area contributed by atoms with Crippen molar-refractivity contribution in [2.24, 2.45) is 5.84 Å². The summed E-state index contributed by atoms with van der Waals surface area (Å²) in [4.78, 5) is 0. The third kappa shape index (κ3) is 3.05. The number of hydrogen-bond donors (Lipinski definition) is 2. The summed E-state index contributed by atoms with van der Waals surface area (Å²) in [6.07, 6.45) is 1.34. The summed E-state index contributed by atoms with van der Waals surface area (Å²) in [5.41, 5.74) is 3.21. The molecule has 0 saturated heterocycles. The average Bonchev–Trinajstić information content (AvgIpc) is 2.12. The van der Waals surface area contributed by atoms with E-state index in [9.17, 15) is 8.78 Å². The van der Waals surface area contributed by atoms with Crippen LogP contribution in [0.2, 0.25) is 0 Å². The second kappa shape index (κ2) is 5.02. The van der Waals surface area contributed by atoms with Crippen LogP contribution in [0.1, 0.15) is 18.9 Å². The summed E-state index contributed by atoms with van der Waals surface area (Å²) < 4.78 is 25.6. The van der Waals surface area contributed by atoms with Gasteiger partial charge in [-0.05, 0) is 30.5 Å². The molecule has 0 spiro atoms. The quantitative estimate of drug-likeness (QED) is 0.574. The fraction of sp³-hybridized carbons (Fsp3) is 0.400. The van der Waals surface area contributed by atoms with Crippen molar-refractivity contribution in [1.29, 1.82) is 0 Å². The van der Waals surface area contributed by atoms with Gasteiger partial charge in [0, 0.05) is 12.1 Å². The van der Waals surface area contributed by atoms with Crippen molar-refractivity contribution < 1.29 is 8.78 Å². The number of nitrogens with one attached hydrogen (secondary N) is 1. The zero-order valence-electron chi connectivity index (χ0n) is 8.06. The predicted octanol–water partition coefficient (Wildman–Crippen LogP) is 1.75. The van der Waals surface area contributed by atoms with Crippen molar-refractivity contribution in [3.05, 3.63) is 35.4 Å². The molecule has 3 N–H and O–H groups in total. The molecule has 0 aliphatic rings. The molecule has 0 fully saturated rings. The molecule has 1 atom stereocenters. The summed E-state index contributed by atoms with van der Waals surface area (Å²) in [5.74, 6) is 4.17. The van der Waals surface area contributed by atoms with E-state index in [1.54, 1.807) is 0 Å². The Bertz CT molecular complexity index is 278. The zero-order valence-corrected chi connectivity index (χ0v) is 8.06. The fourth-order valence-corrected chi connectivity index (χ4v) is 1.33. The molecule has 1 unspecified atom stereocenters. The highest BCUT2D eigenvalue weighted by atomic mass is 19.1. The third-order valence-electron chi connectivity index (χ3n) is 2.13. The van der Waals surface area contributed by atoms with Gasteiger partial charge in [0.1, 0.15) is 11.6 Å². The normalized spacial score (nSPS) is 12.9. The Balaban J connectivity index is 2.75. The van der Waals surface area contributed by atoms with E-state index in [1.165, 1.54) is 12.1 Å². The Morgan fingerprint density at radius 2 is 1.86 bits per heavy atom. The lowest BCUT2D eigenvalue weighted by molar-refractivity contribution is 0.506. The molecule has 0 aliphatic heterocycles. The van der Waals surface area contributed by atoms with Gasteiger partial charge in [0.15, 0.2) is 0 Å². The minimum absolute atomic E-state index is 0.0520. The van der Waals surface area contributed by atoms with Gasteiger partial charge in [0.05, 0.1) is 0 Å². The van der Waals surface area contributed by atoms with Crippen molar-refractivity contribution >= 4 is 0 Å². The van der Waals surface area contributed by atoms with Crippen molar-refractivity contribution in [3.8, 4) is 0 Å². The maximum absolute atomic E-state index is 12.8. The molecule has 2 nitrogen and oxygen atoms in total. The summed E-state index contributed by atoms with van der Waals surface area (Å²) in [6, 6.07) is 3.56. The molecule has 0 radical (unpaired) electrons. The van der Waals surface area contributed by atoms with Crippen LogP contribution in [0.5, 0.6) is 0 Å². The largest absolute Gasteiger partial charge is 0.271 e. The van der Waals surface area contributed by atoms with Crippen LogP contribution < -0.4 is 11.3 Å². The monoisotopic (exact) mass is 200 g/mol. The van der Waals surface area contributed by atoms with Gasteiger partial charge in [0.25, 0.3) is 0 Å². The Hall–Kier alpha value is -1.00. The number of halogens is 2. The second-order valence-electron chi connectivity index (χ2n) is 3.25. The summed E-state index contributed by atoms with van der Waals surface area (Å²) in [6.45, 7) is 1.96. The molecule has 4 heteroatoms. The van der Waals surface area contributed by atoms with Crippen LogP contribution in [-0.4, -0.2) is 6.04 Å². The molecule has 0 heterocycles. The highest BCUT2D eigenvalue weighted by Gasteiger charge is 2.07. The van der Waals surface area contributed by atoms with E-state index in [2.05, 4.69) is 5.43 Å². The van der Waals surface area contributed by atoms with E-state index >= 15 is 0 Å². The van der Waals surface area contributed by atoms with Crippen molar-refractivity contribution in [2.45, 2.75) is 25.8 Å². The molecular weight excluding hydrogens is 186 g/mol. The lowest BCUT2D eigenvalue weighted by atomic mass is 10.0. The Morgan fingerprint density at radius 3 is 2.29 bits per heavy atom. The number of hydrogen-bond acceptors (Lipinski definition) is 2. The highest BCUT2D eigenvalue weighted by molar-refractivity contribution is 5.18.